The fraction of sp³-hybridized carbons (Fsp3) is 0.222. The minimum atomic E-state index is -1.45. The lowest BCUT2D eigenvalue weighted by Crippen LogP contribution is -2.47. The first kappa shape index (κ1) is 23.9. The monoisotopic (exact) mass is 476 g/mol. The highest BCUT2D eigenvalue weighted by atomic mass is 19.1. The molecule has 1 unspecified atom stereocenters. The standard InChI is InChI=1S/C27H25FN2O5/c1-15(2)24(25(31)29-16-11-12-23(28)21(13-16)26(32)33)30-27(34)35-14-22-19-9-5-3-7-17(19)18-8-4-6-10-20(18)22/h3-13,15,22,24H,14H2,1-2H3,(H,29,31)(H,30,34)(H,32,33). The van der Waals surface area contributed by atoms with Gasteiger partial charge in [0.15, 0.2) is 0 Å². The molecule has 8 heteroatoms. The van der Waals surface area contributed by atoms with Gasteiger partial charge < -0.3 is 20.5 Å². The van der Waals surface area contributed by atoms with Crippen LogP contribution in [0.25, 0.3) is 11.1 Å². The molecule has 2 amide bonds. The van der Waals surface area contributed by atoms with E-state index in [0.717, 1.165) is 34.4 Å². The molecule has 3 N–H and O–H groups in total. The predicted octanol–water partition coefficient (Wildman–Crippen LogP) is 5.03. The number of nitrogens with one attached hydrogen (secondary N) is 2. The van der Waals surface area contributed by atoms with E-state index in [1.165, 1.54) is 6.07 Å². The number of alkyl carbamates (subject to hydrolysis) is 1. The van der Waals surface area contributed by atoms with E-state index in [4.69, 9.17) is 9.84 Å². The van der Waals surface area contributed by atoms with Crippen molar-refractivity contribution in [1.82, 2.24) is 5.32 Å². The number of rotatable bonds is 7. The number of ether oxygens (including phenoxy) is 1. The molecule has 3 aromatic rings. The Bertz CT molecular complexity index is 1240. The highest BCUT2D eigenvalue weighted by Gasteiger charge is 2.30. The number of benzene rings is 3. The van der Waals surface area contributed by atoms with Gasteiger partial charge in [-0.3, -0.25) is 4.79 Å². The third-order valence-electron chi connectivity index (χ3n) is 6.03. The summed E-state index contributed by atoms with van der Waals surface area (Å²) in [5.41, 5.74) is 3.91. The number of aromatic carboxylic acids is 1. The Morgan fingerprint density at radius 1 is 0.971 bits per heavy atom. The lowest BCUT2D eigenvalue weighted by atomic mass is 9.98. The van der Waals surface area contributed by atoms with Gasteiger partial charge in [-0.05, 0) is 46.4 Å². The first-order valence-corrected chi connectivity index (χ1v) is 11.2. The van der Waals surface area contributed by atoms with Gasteiger partial charge in [-0.15, -0.1) is 0 Å². The Labute approximate surface area is 201 Å². The molecule has 0 saturated heterocycles. The van der Waals surface area contributed by atoms with Crippen molar-refractivity contribution in [2.75, 3.05) is 11.9 Å². The second-order valence-corrected chi connectivity index (χ2v) is 8.68. The SMILES string of the molecule is CC(C)C(NC(=O)OCC1c2ccccc2-c2ccccc21)C(=O)Nc1ccc(F)c(C(=O)O)c1. The lowest BCUT2D eigenvalue weighted by molar-refractivity contribution is -0.119. The van der Waals surface area contributed by atoms with E-state index < -0.39 is 35.4 Å². The molecular formula is C27H25FN2O5. The third-order valence-corrected chi connectivity index (χ3v) is 6.03. The van der Waals surface area contributed by atoms with Crippen LogP contribution in [0.15, 0.2) is 66.7 Å². The molecule has 35 heavy (non-hydrogen) atoms. The lowest BCUT2D eigenvalue weighted by Gasteiger charge is -2.22. The number of carboxylic acids is 1. The van der Waals surface area contributed by atoms with Crippen LogP contribution in [0.4, 0.5) is 14.9 Å². The normalized spacial score (nSPS) is 13.0. The number of carbonyl (C=O) groups is 3. The quantitative estimate of drug-likeness (QED) is 0.444. The molecule has 0 saturated carbocycles. The minimum absolute atomic E-state index is 0.103. The first-order valence-electron chi connectivity index (χ1n) is 11.2. The van der Waals surface area contributed by atoms with Crippen molar-refractivity contribution in [2.24, 2.45) is 5.92 Å². The molecule has 0 aromatic heterocycles. The molecular weight excluding hydrogens is 451 g/mol. The van der Waals surface area contributed by atoms with E-state index in [1.807, 2.05) is 48.5 Å². The Morgan fingerprint density at radius 3 is 2.14 bits per heavy atom. The number of carboxylic acid groups (broad SMARTS) is 1. The zero-order valence-electron chi connectivity index (χ0n) is 19.2. The van der Waals surface area contributed by atoms with Crippen LogP contribution < -0.4 is 10.6 Å². The summed E-state index contributed by atoms with van der Waals surface area (Å²) in [6, 6.07) is 18.2. The van der Waals surface area contributed by atoms with Gasteiger partial charge in [-0.2, -0.15) is 0 Å². The molecule has 1 atom stereocenters. The Morgan fingerprint density at radius 2 is 1.57 bits per heavy atom. The number of halogens is 1. The van der Waals surface area contributed by atoms with Gasteiger partial charge in [0.25, 0.3) is 0 Å². The van der Waals surface area contributed by atoms with Crippen LogP contribution in [0.5, 0.6) is 0 Å². The highest BCUT2D eigenvalue weighted by molar-refractivity contribution is 5.98. The molecule has 3 aromatic carbocycles. The highest BCUT2D eigenvalue weighted by Crippen LogP contribution is 2.44. The molecule has 1 aliphatic carbocycles. The second-order valence-electron chi connectivity index (χ2n) is 8.68. The largest absolute Gasteiger partial charge is 0.478 e. The number of fused-ring (bicyclic) bond motifs is 3. The Hall–Kier alpha value is -4.20. The maximum atomic E-state index is 13.6. The van der Waals surface area contributed by atoms with Crippen molar-refractivity contribution in [3.05, 3.63) is 89.2 Å². The van der Waals surface area contributed by atoms with Crippen molar-refractivity contribution in [1.29, 1.82) is 0 Å². The average Bonchev–Trinajstić information content (AvgIpc) is 3.15. The fourth-order valence-electron chi connectivity index (χ4n) is 4.29. The van der Waals surface area contributed by atoms with Crippen LogP contribution >= 0.6 is 0 Å². The van der Waals surface area contributed by atoms with Gasteiger partial charge in [-0.1, -0.05) is 62.4 Å². The molecule has 4 rings (SSSR count). The first-order chi connectivity index (χ1) is 16.8. The van der Waals surface area contributed by atoms with Gasteiger partial charge in [0.05, 0.1) is 5.56 Å². The summed E-state index contributed by atoms with van der Waals surface area (Å²) in [5.74, 6) is -3.34. The molecule has 7 nitrogen and oxygen atoms in total. The molecule has 0 spiro atoms. The average molecular weight is 477 g/mol. The van der Waals surface area contributed by atoms with Gasteiger partial charge in [0, 0.05) is 11.6 Å². The summed E-state index contributed by atoms with van der Waals surface area (Å²) >= 11 is 0. The number of hydrogen-bond acceptors (Lipinski definition) is 4. The van der Waals surface area contributed by atoms with Crippen molar-refractivity contribution >= 4 is 23.7 Å². The second kappa shape index (κ2) is 9.97. The molecule has 0 bridgehead atoms. The van der Waals surface area contributed by atoms with Gasteiger partial charge in [-0.25, -0.2) is 14.0 Å². The molecule has 0 heterocycles. The number of hydrogen-bond donors (Lipinski definition) is 3. The number of amides is 2. The Balaban J connectivity index is 1.42. The van der Waals surface area contributed by atoms with E-state index in [9.17, 15) is 18.8 Å². The summed E-state index contributed by atoms with van der Waals surface area (Å²) < 4.78 is 19.2. The van der Waals surface area contributed by atoms with E-state index in [2.05, 4.69) is 10.6 Å². The van der Waals surface area contributed by atoms with Crippen LogP contribution in [0.3, 0.4) is 0 Å². The van der Waals surface area contributed by atoms with Crippen LogP contribution in [-0.4, -0.2) is 35.7 Å². The molecule has 0 fully saturated rings. The topological polar surface area (TPSA) is 105 Å². The maximum Gasteiger partial charge on any atom is 0.407 e. The van der Waals surface area contributed by atoms with Gasteiger partial charge >= 0.3 is 12.1 Å². The van der Waals surface area contributed by atoms with Crippen LogP contribution in [0.1, 0.15) is 41.3 Å². The van der Waals surface area contributed by atoms with Crippen LogP contribution in [0.2, 0.25) is 0 Å². The summed E-state index contributed by atoms with van der Waals surface area (Å²) in [4.78, 5) is 36.6. The van der Waals surface area contributed by atoms with Crippen molar-refractivity contribution in [3.8, 4) is 11.1 Å². The summed E-state index contributed by atoms with van der Waals surface area (Å²) in [6.45, 7) is 3.61. The van der Waals surface area contributed by atoms with E-state index in [0.29, 0.717) is 0 Å². The van der Waals surface area contributed by atoms with Crippen molar-refractivity contribution in [2.45, 2.75) is 25.8 Å². The van der Waals surface area contributed by atoms with E-state index >= 15 is 0 Å². The van der Waals surface area contributed by atoms with Gasteiger partial charge in [0.1, 0.15) is 18.5 Å². The molecule has 1 aliphatic rings. The zero-order chi connectivity index (χ0) is 25.1. The number of anilines is 1. The number of carbonyl (C=O) groups excluding carboxylic acids is 2. The molecule has 0 aliphatic heterocycles. The third kappa shape index (κ3) is 5.01. The van der Waals surface area contributed by atoms with E-state index in [-0.39, 0.29) is 24.1 Å². The van der Waals surface area contributed by atoms with Crippen molar-refractivity contribution < 1.29 is 28.6 Å². The van der Waals surface area contributed by atoms with Crippen molar-refractivity contribution in [3.63, 3.8) is 0 Å². The summed E-state index contributed by atoms with van der Waals surface area (Å²) in [6.07, 6.45) is -0.744. The van der Waals surface area contributed by atoms with E-state index in [1.54, 1.807) is 13.8 Å². The molecule has 180 valence electrons. The molecule has 0 radical (unpaired) electrons. The Kier molecular flexibility index (Phi) is 6.82. The predicted molar refractivity (Wildman–Crippen MR) is 129 cm³/mol. The van der Waals surface area contributed by atoms with Crippen LogP contribution in [-0.2, 0) is 9.53 Å². The maximum absolute atomic E-state index is 13.6. The van der Waals surface area contributed by atoms with Crippen LogP contribution in [0, 0.1) is 11.7 Å². The van der Waals surface area contributed by atoms with Gasteiger partial charge in [0.2, 0.25) is 5.91 Å². The zero-order valence-corrected chi connectivity index (χ0v) is 19.2. The summed E-state index contributed by atoms with van der Waals surface area (Å²) in [7, 11) is 0. The minimum Gasteiger partial charge on any atom is -0.478 e. The summed E-state index contributed by atoms with van der Waals surface area (Å²) in [5, 5.41) is 14.2. The smallest absolute Gasteiger partial charge is 0.407 e. The fourth-order valence-corrected chi connectivity index (χ4v) is 4.29.